The molecule has 1 aromatic rings. The third kappa shape index (κ3) is 3.04. The van der Waals surface area contributed by atoms with E-state index < -0.39 is 5.54 Å². The zero-order valence-corrected chi connectivity index (χ0v) is 10.6. The summed E-state index contributed by atoms with van der Waals surface area (Å²) in [5.74, 6) is 1.24. The summed E-state index contributed by atoms with van der Waals surface area (Å²) in [4.78, 5) is 4.38. The largest absolute Gasteiger partial charge is 0.378 e. The minimum Gasteiger partial charge on any atom is -0.378 e. The van der Waals surface area contributed by atoms with Crippen molar-refractivity contribution in [2.45, 2.75) is 57.6 Å². The first-order valence-electron chi connectivity index (χ1n) is 6.35. The van der Waals surface area contributed by atoms with Gasteiger partial charge < -0.3 is 15.0 Å². The minimum absolute atomic E-state index is 0.246. The molecule has 5 heteroatoms. The Labute approximate surface area is 102 Å². The molecule has 1 fully saturated rings. The van der Waals surface area contributed by atoms with Gasteiger partial charge in [-0.2, -0.15) is 4.98 Å². The third-order valence-electron chi connectivity index (χ3n) is 3.16. The van der Waals surface area contributed by atoms with E-state index in [1.165, 1.54) is 0 Å². The fourth-order valence-corrected chi connectivity index (χ4v) is 2.20. The van der Waals surface area contributed by atoms with Crippen LogP contribution in [-0.4, -0.2) is 22.9 Å². The second-order valence-corrected chi connectivity index (χ2v) is 5.02. The Hall–Kier alpha value is -0.940. The smallest absolute Gasteiger partial charge is 0.246 e. The van der Waals surface area contributed by atoms with Crippen LogP contribution in [0.1, 0.15) is 51.2 Å². The molecule has 1 saturated heterocycles. The number of aromatic nitrogens is 2. The molecule has 2 heterocycles. The van der Waals surface area contributed by atoms with Gasteiger partial charge in [0.2, 0.25) is 5.89 Å². The van der Waals surface area contributed by atoms with Gasteiger partial charge in [-0.05, 0) is 26.2 Å². The van der Waals surface area contributed by atoms with E-state index in [2.05, 4.69) is 17.1 Å². The predicted octanol–water partition coefficient (Wildman–Crippen LogP) is 1.77. The Morgan fingerprint density at radius 3 is 3.00 bits per heavy atom. The van der Waals surface area contributed by atoms with Gasteiger partial charge in [0.25, 0.3) is 0 Å². The first-order chi connectivity index (χ1) is 8.12. The fraction of sp³-hybridized carbons (Fsp3) is 0.833. The lowest BCUT2D eigenvalue weighted by atomic mass is 9.98. The Morgan fingerprint density at radius 2 is 2.35 bits per heavy atom. The van der Waals surface area contributed by atoms with Crippen LogP contribution in [0, 0.1) is 0 Å². The van der Waals surface area contributed by atoms with Crippen LogP contribution in [0.3, 0.4) is 0 Å². The molecular formula is C12H21N3O2. The van der Waals surface area contributed by atoms with Crippen LogP contribution in [0.15, 0.2) is 4.52 Å². The zero-order chi connectivity index (χ0) is 12.3. The van der Waals surface area contributed by atoms with Gasteiger partial charge in [0.1, 0.15) is 0 Å². The number of nitrogens with two attached hydrogens (primary N) is 1. The van der Waals surface area contributed by atoms with E-state index in [0.29, 0.717) is 11.7 Å². The lowest BCUT2D eigenvalue weighted by Crippen LogP contribution is -2.33. The fourth-order valence-electron chi connectivity index (χ4n) is 2.20. The molecule has 96 valence electrons. The van der Waals surface area contributed by atoms with Crippen molar-refractivity contribution in [1.82, 2.24) is 10.1 Å². The number of hydrogen-bond donors (Lipinski definition) is 1. The highest BCUT2D eigenvalue weighted by atomic mass is 16.5. The summed E-state index contributed by atoms with van der Waals surface area (Å²) in [5.41, 5.74) is 5.63. The van der Waals surface area contributed by atoms with Crippen molar-refractivity contribution >= 4 is 0 Å². The number of hydrogen-bond acceptors (Lipinski definition) is 5. The highest BCUT2D eigenvalue weighted by Crippen LogP contribution is 2.22. The lowest BCUT2D eigenvalue weighted by molar-refractivity contribution is 0.109. The molecule has 0 aliphatic carbocycles. The summed E-state index contributed by atoms with van der Waals surface area (Å²) in [6.45, 7) is 4.87. The van der Waals surface area contributed by atoms with E-state index >= 15 is 0 Å². The second-order valence-electron chi connectivity index (χ2n) is 5.02. The van der Waals surface area contributed by atoms with Crippen molar-refractivity contribution in [3.63, 3.8) is 0 Å². The van der Waals surface area contributed by atoms with E-state index in [4.69, 9.17) is 15.0 Å². The molecule has 0 saturated carbocycles. The maximum Gasteiger partial charge on any atom is 0.246 e. The molecule has 0 radical (unpaired) electrons. The van der Waals surface area contributed by atoms with Crippen LogP contribution in [-0.2, 0) is 16.7 Å². The average Bonchev–Trinajstić information content (AvgIpc) is 2.89. The molecule has 0 spiro atoms. The standard InChI is InChI=1S/C12H21N3O2/c1-3-6-12(2,13)11-14-10(15-17-11)8-9-5-4-7-16-9/h9H,3-8,13H2,1-2H3/t9-,12-/m0/s1. The monoisotopic (exact) mass is 239 g/mol. The van der Waals surface area contributed by atoms with Gasteiger partial charge >= 0.3 is 0 Å². The topological polar surface area (TPSA) is 74.2 Å². The molecule has 17 heavy (non-hydrogen) atoms. The van der Waals surface area contributed by atoms with Gasteiger partial charge in [0.05, 0.1) is 11.6 Å². The molecule has 1 aliphatic heterocycles. The third-order valence-corrected chi connectivity index (χ3v) is 3.16. The Bertz CT molecular complexity index is 356. The lowest BCUT2D eigenvalue weighted by Gasteiger charge is -2.18. The first-order valence-corrected chi connectivity index (χ1v) is 6.35. The van der Waals surface area contributed by atoms with Gasteiger partial charge in [0.15, 0.2) is 5.82 Å². The normalized spacial score (nSPS) is 23.8. The Morgan fingerprint density at radius 1 is 1.53 bits per heavy atom. The molecule has 1 aliphatic rings. The minimum atomic E-state index is -0.517. The van der Waals surface area contributed by atoms with E-state index in [1.54, 1.807) is 0 Å². The predicted molar refractivity (Wildman–Crippen MR) is 63.4 cm³/mol. The summed E-state index contributed by atoms with van der Waals surface area (Å²) in [6, 6.07) is 0. The highest BCUT2D eigenvalue weighted by molar-refractivity contribution is 5.00. The molecule has 0 unspecified atom stereocenters. The van der Waals surface area contributed by atoms with E-state index in [1.807, 2.05) is 6.92 Å². The van der Waals surface area contributed by atoms with Gasteiger partial charge in [-0.25, -0.2) is 0 Å². The highest BCUT2D eigenvalue weighted by Gasteiger charge is 2.28. The van der Waals surface area contributed by atoms with Gasteiger partial charge in [-0.3, -0.25) is 0 Å². The summed E-state index contributed by atoms with van der Waals surface area (Å²) in [6.07, 6.45) is 5.02. The zero-order valence-electron chi connectivity index (χ0n) is 10.6. The van der Waals surface area contributed by atoms with Crippen molar-refractivity contribution in [2.24, 2.45) is 5.73 Å². The van der Waals surface area contributed by atoms with Crippen molar-refractivity contribution < 1.29 is 9.26 Å². The van der Waals surface area contributed by atoms with Crippen LogP contribution in [0.2, 0.25) is 0 Å². The summed E-state index contributed by atoms with van der Waals surface area (Å²) < 4.78 is 10.8. The van der Waals surface area contributed by atoms with Gasteiger partial charge in [0, 0.05) is 13.0 Å². The Balaban J connectivity index is 1.99. The van der Waals surface area contributed by atoms with Crippen molar-refractivity contribution in [2.75, 3.05) is 6.61 Å². The van der Waals surface area contributed by atoms with E-state index in [0.717, 1.165) is 38.7 Å². The van der Waals surface area contributed by atoms with Gasteiger partial charge in [-0.1, -0.05) is 18.5 Å². The maximum absolute atomic E-state index is 6.14. The molecule has 2 atom stereocenters. The van der Waals surface area contributed by atoms with Crippen LogP contribution in [0.5, 0.6) is 0 Å². The summed E-state index contributed by atoms with van der Waals surface area (Å²) in [7, 11) is 0. The Kier molecular flexibility index (Phi) is 3.79. The molecular weight excluding hydrogens is 218 g/mol. The first kappa shape index (κ1) is 12.5. The molecule has 0 aromatic carbocycles. The van der Waals surface area contributed by atoms with Crippen molar-refractivity contribution in [3.05, 3.63) is 11.7 Å². The average molecular weight is 239 g/mol. The molecule has 1 aromatic heterocycles. The summed E-state index contributed by atoms with van der Waals surface area (Å²) >= 11 is 0. The van der Waals surface area contributed by atoms with Crippen molar-refractivity contribution in [1.29, 1.82) is 0 Å². The number of ether oxygens (including phenoxy) is 1. The van der Waals surface area contributed by atoms with Crippen LogP contribution < -0.4 is 5.73 Å². The van der Waals surface area contributed by atoms with Gasteiger partial charge in [-0.15, -0.1) is 0 Å². The summed E-state index contributed by atoms with van der Waals surface area (Å²) in [5, 5.41) is 3.98. The van der Waals surface area contributed by atoms with Crippen LogP contribution in [0.25, 0.3) is 0 Å². The van der Waals surface area contributed by atoms with Crippen LogP contribution in [0.4, 0.5) is 0 Å². The SMILES string of the molecule is CCC[C@](C)(N)c1nc(C[C@@H]2CCCO2)no1. The molecule has 5 nitrogen and oxygen atoms in total. The van der Waals surface area contributed by atoms with Crippen LogP contribution >= 0.6 is 0 Å². The molecule has 2 N–H and O–H groups in total. The van der Waals surface area contributed by atoms with Crippen molar-refractivity contribution in [3.8, 4) is 0 Å². The quantitative estimate of drug-likeness (QED) is 0.847. The molecule has 0 amide bonds. The van der Waals surface area contributed by atoms with E-state index in [-0.39, 0.29) is 6.10 Å². The molecule has 2 rings (SSSR count). The number of rotatable bonds is 5. The molecule has 0 bridgehead atoms. The van der Waals surface area contributed by atoms with E-state index in [9.17, 15) is 0 Å². The maximum atomic E-state index is 6.14. The second kappa shape index (κ2) is 5.14. The number of nitrogens with zero attached hydrogens (tertiary/aromatic N) is 2.